The van der Waals surface area contributed by atoms with Gasteiger partial charge in [-0.2, -0.15) is 0 Å². The number of rotatable bonds is 20. The van der Waals surface area contributed by atoms with Gasteiger partial charge in [0.2, 0.25) is 35.4 Å². The normalized spacial score (nSPS) is 26.5. The third-order valence-electron chi connectivity index (χ3n) is 17.2. The van der Waals surface area contributed by atoms with E-state index in [2.05, 4.69) is 10.6 Å². The Balaban J connectivity index is 4.22. The van der Waals surface area contributed by atoms with E-state index in [4.69, 9.17) is 15.2 Å². The number of hydrogen-bond donors (Lipinski definition) is 4. The van der Waals surface area contributed by atoms with Gasteiger partial charge in [-0.15, -0.1) is 0 Å². The molecular weight excluding hydrogens is 1140 g/mol. The van der Waals surface area contributed by atoms with E-state index < -0.39 is 180 Å². The van der Waals surface area contributed by atoms with Gasteiger partial charge in [0.15, 0.2) is 28.9 Å². The molecule has 1 fully saturated rings. The molecule has 1 aliphatic rings. The van der Waals surface area contributed by atoms with Crippen LogP contribution in [-0.4, -0.2) is 185 Å². The van der Waals surface area contributed by atoms with Crippen LogP contribution in [0.2, 0.25) is 0 Å². The minimum absolute atomic E-state index is 0.0205. The van der Waals surface area contributed by atoms with Crippen molar-refractivity contribution < 1.29 is 72.1 Å². The van der Waals surface area contributed by atoms with E-state index in [1.807, 2.05) is 47.6 Å². The molecule has 0 aromatic rings. The summed E-state index contributed by atoms with van der Waals surface area (Å²) in [6.07, 6.45) is -0.194. The molecule has 0 unspecified atom stereocenters. The van der Waals surface area contributed by atoms with Gasteiger partial charge >= 0.3 is 6.09 Å². The van der Waals surface area contributed by atoms with E-state index in [9.17, 15) is 62.6 Å². The number of unbranched alkanes of at least 4 members (excludes halogenated alkanes) is 1. The lowest BCUT2D eigenvalue weighted by molar-refractivity contribution is -0.148. The van der Waals surface area contributed by atoms with E-state index in [0.29, 0.717) is 19.3 Å². The Kier molecular flexibility index (Phi) is 35.9. The number of hydrogen-bond acceptors (Lipinski definition) is 15. The van der Waals surface area contributed by atoms with Crippen molar-refractivity contribution in [3.05, 3.63) is 12.2 Å². The van der Waals surface area contributed by atoms with Crippen molar-refractivity contribution in [2.75, 3.05) is 41.4 Å². The quantitative estimate of drug-likeness (QED) is 0.0700. The van der Waals surface area contributed by atoms with Crippen LogP contribution in [0.3, 0.4) is 0 Å². The minimum Gasteiger partial charge on any atom is -0.450 e. The Morgan fingerprint density at radius 2 is 1.11 bits per heavy atom. The number of Topliss-reactive ketones (excluding diaryl/α,β-unsaturated/α-hetero) is 5. The van der Waals surface area contributed by atoms with E-state index in [1.165, 1.54) is 61.6 Å². The second kappa shape index (κ2) is 39.4. The molecule has 1 aliphatic heterocycles. The first-order valence-corrected chi connectivity index (χ1v) is 32.5. The number of carbonyl (C=O) groups is 12. The predicted octanol–water partition coefficient (Wildman–Crippen LogP) is 7.07. The standard InChI is InChI=1S/C67H115N7O15/c1-21-23-26-43(13)61(81)49-37-56(78)59(42(11)12)74(20)65(85)47(31-38(3)4)35-55(77)52(33-40(7)8)71(17)64(84)45(15)69-62(82)44(14)34-54(76)51(32-39(5)6)72(18)66(86)48(41(9)10)36-57(79)60(46(16)88-29-24-25-30-89-67(68)87)73(19)58(80)28-27-53(75)50(22-2)70-63(49)83/h21,23,38-52,59-61,81H,22,24-37H2,1-20H3,(H2,68,87)(H,69,82)(H,70,83)/b23-21+/t43-,44-,45-,46-,47-,48+,49+,50+,51+,52+,59+,60+,61-/m1/s1. The Bertz CT molecular complexity index is 2410. The van der Waals surface area contributed by atoms with Gasteiger partial charge in [0.25, 0.3) is 0 Å². The number of amides is 7. The number of aliphatic hydroxyl groups is 1. The molecule has 1 heterocycles. The average Bonchev–Trinajstić information content (AvgIpc) is 1.16. The highest BCUT2D eigenvalue weighted by Gasteiger charge is 2.43. The molecule has 0 aromatic heterocycles. The van der Waals surface area contributed by atoms with Crippen molar-refractivity contribution in [1.82, 2.24) is 30.2 Å². The Morgan fingerprint density at radius 3 is 1.62 bits per heavy atom. The van der Waals surface area contributed by atoms with Crippen LogP contribution in [0.25, 0.3) is 0 Å². The SMILES string of the molecule is C/C=C/C[C@@H](C)[C@@H](O)[C@@H]1CC(=O)[C@H](C(C)C)N(C)C(=O)[C@H](CC(C)C)CC(=O)[C@H](CC(C)C)N(C)C(=O)[C@@H](C)NC(=O)[C@H](C)CC(=O)[C@H](CC(C)C)N(C)C(=O)[C@H](C(C)C)CC(=O)[C@H]([C@@H](C)OCCCCOC(N)=O)N(C)C(=O)CCC(=O)[C@H](CC)NC1=O. The highest BCUT2D eigenvalue weighted by atomic mass is 16.5. The fourth-order valence-corrected chi connectivity index (χ4v) is 11.9. The summed E-state index contributed by atoms with van der Waals surface area (Å²) in [6.45, 7) is 28.3. The van der Waals surface area contributed by atoms with E-state index in [1.54, 1.807) is 61.5 Å². The average molecular weight is 1260 g/mol. The van der Waals surface area contributed by atoms with Crippen molar-refractivity contribution in [2.45, 2.75) is 243 Å². The zero-order chi connectivity index (χ0) is 68.5. The Labute approximate surface area is 532 Å². The molecule has 508 valence electrons. The number of nitrogens with two attached hydrogens (primary N) is 1. The molecule has 7 amide bonds. The largest absolute Gasteiger partial charge is 0.450 e. The monoisotopic (exact) mass is 1260 g/mol. The fraction of sp³-hybridized carbons (Fsp3) is 0.791. The molecule has 13 atom stereocenters. The number of likely N-dealkylation sites (N-methyl/N-ethyl adjacent to an activating group) is 4. The van der Waals surface area contributed by atoms with Crippen molar-refractivity contribution >= 4 is 70.5 Å². The zero-order valence-corrected chi connectivity index (χ0v) is 57.7. The fourth-order valence-electron chi connectivity index (χ4n) is 11.9. The maximum atomic E-state index is 14.9. The molecular formula is C67H115N7O15. The van der Waals surface area contributed by atoms with Crippen molar-refractivity contribution in [3.8, 4) is 0 Å². The summed E-state index contributed by atoms with van der Waals surface area (Å²) < 4.78 is 11.0. The molecule has 22 heteroatoms. The molecule has 5 N–H and O–H groups in total. The minimum atomic E-state index is -1.40. The van der Waals surface area contributed by atoms with Crippen LogP contribution in [0.1, 0.15) is 194 Å². The van der Waals surface area contributed by atoms with Crippen LogP contribution in [0.5, 0.6) is 0 Å². The molecule has 1 saturated heterocycles. The van der Waals surface area contributed by atoms with E-state index in [-0.39, 0.29) is 75.9 Å². The number of primary amides is 1. The second-order valence-corrected chi connectivity index (χ2v) is 27.0. The van der Waals surface area contributed by atoms with Crippen molar-refractivity contribution in [1.29, 1.82) is 0 Å². The molecule has 0 radical (unpaired) electrons. The number of ether oxygens (including phenoxy) is 2. The molecule has 0 spiro atoms. The van der Waals surface area contributed by atoms with Gasteiger partial charge in [-0.25, -0.2) is 4.79 Å². The van der Waals surface area contributed by atoms with Gasteiger partial charge in [0.05, 0.1) is 48.9 Å². The van der Waals surface area contributed by atoms with Crippen LogP contribution in [0.4, 0.5) is 4.79 Å². The number of ketones is 5. The first-order valence-electron chi connectivity index (χ1n) is 32.5. The van der Waals surface area contributed by atoms with Gasteiger partial charge in [-0.1, -0.05) is 102 Å². The van der Waals surface area contributed by atoms with Gasteiger partial charge in [-0.3, -0.25) is 52.7 Å². The molecule has 0 bridgehead atoms. The lowest BCUT2D eigenvalue weighted by Gasteiger charge is -2.36. The first-order chi connectivity index (χ1) is 41.4. The smallest absolute Gasteiger partial charge is 0.404 e. The summed E-state index contributed by atoms with van der Waals surface area (Å²) in [5.41, 5.74) is 5.11. The number of nitrogens with one attached hydrogen (secondary N) is 2. The summed E-state index contributed by atoms with van der Waals surface area (Å²) in [6, 6.07) is -6.82. The lowest BCUT2D eigenvalue weighted by atomic mass is 9.82. The van der Waals surface area contributed by atoms with Crippen LogP contribution in [0.15, 0.2) is 12.2 Å². The highest BCUT2D eigenvalue weighted by molar-refractivity contribution is 5.99. The Hall–Kier alpha value is -5.90. The van der Waals surface area contributed by atoms with E-state index >= 15 is 0 Å². The number of carbonyl (C=O) groups excluding carboxylic acids is 12. The molecule has 22 nitrogen and oxygen atoms in total. The van der Waals surface area contributed by atoms with E-state index in [0.717, 1.165) is 0 Å². The molecule has 0 aliphatic carbocycles. The molecule has 0 aromatic carbocycles. The van der Waals surface area contributed by atoms with Crippen molar-refractivity contribution in [2.24, 2.45) is 64.9 Å². The lowest BCUT2D eigenvalue weighted by Crippen LogP contribution is -2.53. The van der Waals surface area contributed by atoms with Gasteiger partial charge in [0.1, 0.15) is 12.1 Å². The highest BCUT2D eigenvalue weighted by Crippen LogP contribution is 2.30. The van der Waals surface area contributed by atoms with Crippen LogP contribution in [-0.2, 0) is 62.2 Å². The first kappa shape index (κ1) is 81.1. The maximum absolute atomic E-state index is 14.9. The summed E-state index contributed by atoms with van der Waals surface area (Å²) in [5, 5.41) is 17.5. The topological polar surface area (TPSA) is 307 Å². The number of nitrogens with zero attached hydrogens (tertiary/aromatic N) is 4. The van der Waals surface area contributed by atoms with Gasteiger partial charge < -0.3 is 50.5 Å². The summed E-state index contributed by atoms with van der Waals surface area (Å²) in [5.74, 6) is -12.3. The maximum Gasteiger partial charge on any atom is 0.404 e. The third kappa shape index (κ3) is 26.1. The molecule has 89 heavy (non-hydrogen) atoms. The van der Waals surface area contributed by atoms with Crippen LogP contribution in [0, 0.1) is 59.2 Å². The van der Waals surface area contributed by atoms with Crippen molar-refractivity contribution in [3.63, 3.8) is 0 Å². The van der Waals surface area contributed by atoms with Crippen LogP contribution >= 0.6 is 0 Å². The summed E-state index contributed by atoms with van der Waals surface area (Å²) in [4.78, 5) is 176. The predicted molar refractivity (Wildman–Crippen MR) is 341 cm³/mol. The van der Waals surface area contributed by atoms with Gasteiger partial charge in [0, 0.05) is 91.1 Å². The molecule has 0 saturated carbocycles. The Morgan fingerprint density at radius 1 is 0.596 bits per heavy atom. The second-order valence-electron chi connectivity index (χ2n) is 27.0. The summed E-state index contributed by atoms with van der Waals surface area (Å²) >= 11 is 0. The third-order valence-corrected chi connectivity index (χ3v) is 17.2. The van der Waals surface area contributed by atoms with Gasteiger partial charge in [-0.05, 0) is 101 Å². The summed E-state index contributed by atoms with van der Waals surface area (Å²) in [7, 11) is 5.82. The molecule has 1 rings (SSSR count). The zero-order valence-electron chi connectivity index (χ0n) is 57.7. The van der Waals surface area contributed by atoms with Crippen LogP contribution < -0.4 is 16.4 Å². The number of allylic oxidation sites excluding steroid dienone is 2. The number of aliphatic hydroxyl groups excluding tert-OH is 1.